The molecule has 2 amide bonds. The van der Waals surface area contributed by atoms with Crippen molar-refractivity contribution in [3.63, 3.8) is 0 Å². The van der Waals surface area contributed by atoms with Gasteiger partial charge in [0.2, 0.25) is 11.8 Å². The molecule has 6 nitrogen and oxygen atoms in total. The van der Waals surface area contributed by atoms with E-state index in [0.29, 0.717) is 5.69 Å². The molecule has 22 heavy (non-hydrogen) atoms. The monoisotopic (exact) mass is 318 g/mol. The largest absolute Gasteiger partial charge is 0.416 e. The van der Waals surface area contributed by atoms with Gasteiger partial charge in [0.15, 0.2) is 0 Å². The van der Waals surface area contributed by atoms with Crippen LogP contribution in [0.1, 0.15) is 5.56 Å². The van der Waals surface area contributed by atoms with Crippen LogP contribution in [0.5, 0.6) is 0 Å². The number of alkyl halides is 3. The van der Waals surface area contributed by atoms with Crippen LogP contribution in [0.3, 0.4) is 0 Å². The Morgan fingerprint density at radius 2 is 1.86 bits per heavy atom. The number of anilines is 2. The van der Waals surface area contributed by atoms with Crippen LogP contribution in [0.15, 0.2) is 18.2 Å². The lowest BCUT2D eigenvalue weighted by Gasteiger charge is -2.20. The lowest BCUT2D eigenvalue weighted by Crippen LogP contribution is -2.36. The Morgan fingerprint density at radius 1 is 1.23 bits per heavy atom. The molecule has 0 aliphatic carbocycles. The van der Waals surface area contributed by atoms with Crippen molar-refractivity contribution in [1.82, 2.24) is 5.32 Å². The smallest absolute Gasteiger partial charge is 0.376 e. The fourth-order valence-electron chi connectivity index (χ4n) is 1.65. The van der Waals surface area contributed by atoms with E-state index in [1.165, 1.54) is 6.07 Å². The maximum atomic E-state index is 12.7. The van der Waals surface area contributed by atoms with Crippen molar-refractivity contribution in [2.75, 3.05) is 37.4 Å². The molecule has 122 valence electrons. The van der Waals surface area contributed by atoms with Gasteiger partial charge in [0.05, 0.1) is 30.0 Å². The topological polar surface area (TPSA) is 87.5 Å². The van der Waals surface area contributed by atoms with Crippen LogP contribution in [-0.2, 0) is 15.8 Å². The maximum Gasteiger partial charge on any atom is 0.416 e. The van der Waals surface area contributed by atoms with Gasteiger partial charge in [-0.2, -0.15) is 13.2 Å². The third-order valence-corrected chi connectivity index (χ3v) is 2.71. The summed E-state index contributed by atoms with van der Waals surface area (Å²) in [7, 11) is 3.27. The Balaban J connectivity index is 2.95. The SMILES string of the molecule is CN(C)c1ccc(C(F)(F)F)cc1NC(=O)CNC(=O)CN. The van der Waals surface area contributed by atoms with E-state index in [9.17, 15) is 22.8 Å². The van der Waals surface area contributed by atoms with Crippen LogP contribution < -0.4 is 21.3 Å². The quantitative estimate of drug-likeness (QED) is 0.749. The van der Waals surface area contributed by atoms with Gasteiger partial charge in [-0.25, -0.2) is 0 Å². The van der Waals surface area contributed by atoms with E-state index in [2.05, 4.69) is 10.6 Å². The number of halogens is 3. The summed E-state index contributed by atoms with van der Waals surface area (Å²) in [4.78, 5) is 24.2. The molecule has 1 aromatic carbocycles. The molecule has 1 rings (SSSR count). The molecule has 0 heterocycles. The molecule has 4 N–H and O–H groups in total. The molecule has 0 atom stereocenters. The average molecular weight is 318 g/mol. The van der Waals surface area contributed by atoms with Gasteiger partial charge in [0, 0.05) is 14.1 Å². The molecule has 0 saturated carbocycles. The molecule has 1 aromatic rings. The number of carbonyl (C=O) groups is 2. The Hall–Kier alpha value is -2.29. The van der Waals surface area contributed by atoms with Crippen molar-refractivity contribution in [3.05, 3.63) is 23.8 Å². The molecule has 0 unspecified atom stereocenters. The van der Waals surface area contributed by atoms with Gasteiger partial charge in [0.25, 0.3) is 0 Å². The van der Waals surface area contributed by atoms with Crippen molar-refractivity contribution in [2.24, 2.45) is 5.73 Å². The zero-order valence-corrected chi connectivity index (χ0v) is 12.1. The van der Waals surface area contributed by atoms with Gasteiger partial charge in [-0.15, -0.1) is 0 Å². The fraction of sp³-hybridized carbons (Fsp3) is 0.385. The summed E-state index contributed by atoms with van der Waals surface area (Å²) in [5.74, 6) is -1.18. The Bertz CT molecular complexity index is 559. The minimum atomic E-state index is -4.52. The van der Waals surface area contributed by atoms with E-state index in [-0.39, 0.29) is 18.8 Å². The van der Waals surface area contributed by atoms with Crippen LogP contribution in [0.4, 0.5) is 24.5 Å². The van der Waals surface area contributed by atoms with Crippen LogP contribution in [0.2, 0.25) is 0 Å². The summed E-state index contributed by atoms with van der Waals surface area (Å²) in [6, 6.07) is 3.04. The fourth-order valence-corrected chi connectivity index (χ4v) is 1.65. The van der Waals surface area contributed by atoms with Crippen molar-refractivity contribution < 1.29 is 22.8 Å². The summed E-state index contributed by atoms with van der Waals surface area (Å²) in [6.45, 7) is -0.654. The molecule has 0 aromatic heterocycles. The summed E-state index contributed by atoms with van der Waals surface area (Å²) in [5.41, 5.74) is 4.61. The number of amides is 2. The maximum absolute atomic E-state index is 12.7. The molecular formula is C13H17F3N4O2. The Kier molecular flexibility index (Phi) is 5.75. The number of hydrogen-bond donors (Lipinski definition) is 3. The standard InChI is InChI=1S/C13H17F3N4O2/c1-20(2)10-4-3-8(13(14,15)16)5-9(10)19-12(22)7-18-11(21)6-17/h3-5H,6-7,17H2,1-2H3,(H,18,21)(H,19,22). The summed E-state index contributed by atoms with van der Waals surface area (Å²) in [6.07, 6.45) is -4.52. The van der Waals surface area contributed by atoms with E-state index in [1.807, 2.05) is 0 Å². The lowest BCUT2D eigenvalue weighted by atomic mass is 10.1. The predicted molar refractivity (Wildman–Crippen MR) is 76.5 cm³/mol. The van der Waals surface area contributed by atoms with Gasteiger partial charge >= 0.3 is 6.18 Å². The minimum absolute atomic E-state index is 0.00632. The van der Waals surface area contributed by atoms with E-state index in [0.717, 1.165) is 12.1 Å². The second-order valence-electron chi connectivity index (χ2n) is 4.65. The average Bonchev–Trinajstić information content (AvgIpc) is 2.43. The molecule has 9 heteroatoms. The highest BCUT2D eigenvalue weighted by atomic mass is 19.4. The first kappa shape index (κ1) is 17.8. The lowest BCUT2D eigenvalue weighted by molar-refractivity contribution is -0.137. The van der Waals surface area contributed by atoms with Crippen LogP contribution in [-0.4, -0.2) is 39.0 Å². The van der Waals surface area contributed by atoms with Gasteiger partial charge < -0.3 is 21.3 Å². The second-order valence-corrected chi connectivity index (χ2v) is 4.65. The van der Waals surface area contributed by atoms with E-state index < -0.39 is 23.6 Å². The summed E-state index contributed by atoms with van der Waals surface area (Å²) < 4.78 is 38.2. The molecule has 0 bridgehead atoms. The van der Waals surface area contributed by atoms with Crippen LogP contribution >= 0.6 is 0 Å². The summed E-state index contributed by atoms with van der Waals surface area (Å²) >= 11 is 0. The zero-order chi connectivity index (χ0) is 16.9. The number of nitrogens with two attached hydrogens (primary N) is 1. The van der Waals surface area contributed by atoms with Gasteiger partial charge in [-0.1, -0.05) is 0 Å². The van der Waals surface area contributed by atoms with E-state index in [4.69, 9.17) is 5.73 Å². The third-order valence-electron chi connectivity index (χ3n) is 2.71. The molecule has 0 aliphatic rings. The van der Waals surface area contributed by atoms with Gasteiger partial charge in [-0.3, -0.25) is 9.59 Å². The van der Waals surface area contributed by atoms with Crippen molar-refractivity contribution >= 4 is 23.2 Å². The highest BCUT2D eigenvalue weighted by molar-refractivity contribution is 5.97. The van der Waals surface area contributed by atoms with Crippen molar-refractivity contribution in [1.29, 1.82) is 0 Å². The number of rotatable bonds is 5. The van der Waals surface area contributed by atoms with Gasteiger partial charge in [-0.05, 0) is 18.2 Å². The van der Waals surface area contributed by atoms with E-state index in [1.54, 1.807) is 19.0 Å². The molecular weight excluding hydrogens is 301 g/mol. The van der Waals surface area contributed by atoms with Crippen LogP contribution in [0.25, 0.3) is 0 Å². The molecule has 0 saturated heterocycles. The number of benzene rings is 1. The highest BCUT2D eigenvalue weighted by Gasteiger charge is 2.31. The molecule has 0 fully saturated rings. The van der Waals surface area contributed by atoms with Crippen molar-refractivity contribution in [2.45, 2.75) is 6.18 Å². The number of nitrogens with zero attached hydrogens (tertiary/aromatic N) is 1. The minimum Gasteiger partial charge on any atom is -0.376 e. The first-order valence-corrected chi connectivity index (χ1v) is 6.30. The number of hydrogen-bond acceptors (Lipinski definition) is 4. The normalized spacial score (nSPS) is 11.0. The Morgan fingerprint density at radius 3 is 2.36 bits per heavy atom. The second kappa shape index (κ2) is 7.12. The number of nitrogens with one attached hydrogen (secondary N) is 2. The van der Waals surface area contributed by atoms with E-state index >= 15 is 0 Å². The third kappa shape index (κ3) is 4.92. The first-order valence-electron chi connectivity index (χ1n) is 6.30. The molecule has 0 radical (unpaired) electrons. The number of carbonyl (C=O) groups excluding carboxylic acids is 2. The van der Waals surface area contributed by atoms with Crippen LogP contribution in [0, 0.1) is 0 Å². The highest BCUT2D eigenvalue weighted by Crippen LogP contribution is 2.34. The molecule has 0 spiro atoms. The predicted octanol–water partition coefficient (Wildman–Crippen LogP) is 0.785. The van der Waals surface area contributed by atoms with Crippen molar-refractivity contribution in [3.8, 4) is 0 Å². The van der Waals surface area contributed by atoms with Gasteiger partial charge in [0.1, 0.15) is 0 Å². The molecule has 0 aliphatic heterocycles. The summed E-state index contributed by atoms with van der Waals surface area (Å²) in [5, 5.41) is 4.58. The first-order chi connectivity index (χ1) is 10.1. The zero-order valence-electron chi connectivity index (χ0n) is 12.1. The Labute approximate surface area is 125 Å².